The summed E-state index contributed by atoms with van der Waals surface area (Å²) in [6, 6.07) is 5.82. The molecule has 0 amide bonds. The molecule has 0 bridgehead atoms. The molecule has 0 aliphatic carbocycles. The fraction of sp³-hybridized carbons (Fsp3) is 0.533. The molecule has 2 nitrogen and oxygen atoms in total. The minimum atomic E-state index is -0.295. The van der Waals surface area contributed by atoms with Gasteiger partial charge in [-0.1, -0.05) is 6.92 Å². The highest BCUT2D eigenvalue weighted by molar-refractivity contribution is 5.96. The molecule has 1 aliphatic rings. The molecule has 106 valence electrons. The predicted octanol–water partition coefficient (Wildman–Crippen LogP) is 3.55. The van der Waals surface area contributed by atoms with E-state index < -0.39 is 0 Å². The van der Waals surface area contributed by atoms with Crippen LogP contribution in [0.1, 0.15) is 36.5 Å². The van der Waals surface area contributed by atoms with Gasteiger partial charge in [-0.3, -0.25) is 4.79 Å². The van der Waals surface area contributed by atoms with Crippen molar-refractivity contribution in [1.82, 2.24) is 4.90 Å². The number of rotatable bonds is 4. The molecule has 0 N–H and O–H groups in total. The van der Waals surface area contributed by atoms with Crippen LogP contribution in [0.3, 0.4) is 0 Å². The van der Waals surface area contributed by atoms with E-state index in [2.05, 4.69) is 11.8 Å². The first-order chi connectivity index (χ1) is 8.65. The van der Waals surface area contributed by atoms with Crippen molar-refractivity contribution in [1.29, 1.82) is 0 Å². The van der Waals surface area contributed by atoms with Gasteiger partial charge in [0.15, 0.2) is 5.78 Å². The second-order valence-electron chi connectivity index (χ2n) is 5.20. The number of nitrogens with zero attached hydrogens (tertiary/aromatic N) is 1. The number of halogens is 2. The van der Waals surface area contributed by atoms with Crippen LogP contribution in [0.15, 0.2) is 24.3 Å². The molecule has 0 unspecified atom stereocenters. The average molecular weight is 286 g/mol. The standard InChI is InChI=1S/C15H20FNO.ClH/c1-12-6-9-17(10-7-12)11-8-15(18)13-2-4-14(16)5-3-13;/h2-5,12H,6-11H2,1H3;1H. The first-order valence-corrected chi connectivity index (χ1v) is 6.66. The van der Waals surface area contributed by atoms with Gasteiger partial charge in [-0.15, -0.1) is 12.4 Å². The lowest BCUT2D eigenvalue weighted by Gasteiger charge is -2.29. The van der Waals surface area contributed by atoms with Gasteiger partial charge in [0.1, 0.15) is 5.82 Å². The average Bonchev–Trinajstić information content (AvgIpc) is 2.38. The topological polar surface area (TPSA) is 20.3 Å². The number of hydrogen-bond donors (Lipinski definition) is 0. The molecule has 1 saturated heterocycles. The summed E-state index contributed by atoms with van der Waals surface area (Å²) in [5.41, 5.74) is 0.613. The number of carbonyl (C=O) groups excluding carboxylic acids is 1. The molecule has 0 atom stereocenters. The lowest BCUT2D eigenvalue weighted by Crippen LogP contribution is -2.34. The monoisotopic (exact) mass is 285 g/mol. The highest BCUT2D eigenvalue weighted by Crippen LogP contribution is 2.16. The first kappa shape index (κ1) is 16.1. The Morgan fingerprint density at radius 1 is 1.26 bits per heavy atom. The van der Waals surface area contributed by atoms with Gasteiger partial charge in [0.2, 0.25) is 0 Å². The summed E-state index contributed by atoms with van der Waals surface area (Å²) in [7, 11) is 0. The molecule has 1 fully saturated rings. The molecule has 0 spiro atoms. The molecule has 1 aliphatic heterocycles. The van der Waals surface area contributed by atoms with Crippen LogP contribution < -0.4 is 0 Å². The van der Waals surface area contributed by atoms with Crippen molar-refractivity contribution in [3.8, 4) is 0 Å². The third-order valence-corrected chi connectivity index (χ3v) is 3.70. The van der Waals surface area contributed by atoms with E-state index in [0.717, 1.165) is 25.6 Å². The summed E-state index contributed by atoms with van der Waals surface area (Å²) in [4.78, 5) is 14.3. The van der Waals surface area contributed by atoms with Gasteiger partial charge in [0.25, 0.3) is 0 Å². The van der Waals surface area contributed by atoms with Gasteiger partial charge in [-0.2, -0.15) is 0 Å². The highest BCUT2D eigenvalue weighted by atomic mass is 35.5. The number of likely N-dealkylation sites (tertiary alicyclic amines) is 1. The molecule has 0 radical (unpaired) electrons. The van der Waals surface area contributed by atoms with Crippen LogP contribution in [-0.2, 0) is 0 Å². The number of Topliss-reactive ketones (excluding diaryl/α,β-unsaturated/α-hetero) is 1. The van der Waals surface area contributed by atoms with E-state index >= 15 is 0 Å². The third kappa shape index (κ3) is 4.92. The number of ketones is 1. The van der Waals surface area contributed by atoms with Gasteiger partial charge in [-0.05, 0) is 56.1 Å². The fourth-order valence-electron chi connectivity index (χ4n) is 2.33. The molecule has 19 heavy (non-hydrogen) atoms. The Morgan fingerprint density at radius 2 is 1.84 bits per heavy atom. The van der Waals surface area contributed by atoms with E-state index in [1.165, 1.54) is 25.0 Å². The molecule has 4 heteroatoms. The fourth-order valence-corrected chi connectivity index (χ4v) is 2.33. The zero-order chi connectivity index (χ0) is 13.0. The Bertz CT molecular complexity index is 399. The summed E-state index contributed by atoms with van der Waals surface area (Å²) in [5.74, 6) is 0.624. The number of benzene rings is 1. The van der Waals surface area contributed by atoms with Gasteiger partial charge in [0, 0.05) is 18.5 Å². The van der Waals surface area contributed by atoms with E-state index in [1.807, 2.05) is 0 Å². The molecule has 2 rings (SSSR count). The van der Waals surface area contributed by atoms with Crippen LogP contribution in [-0.4, -0.2) is 30.3 Å². The van der Waals surface area contributed by atoms with Crippen molar-refractivity contribution >= 4 is 18.2 Å². The Morgan fingerprint density at radius 3 is 2.42 bits per heavy atom. The van der Waals surface area contributed by atoms with Gasteiger partial charge in [0.05, 0.1) is 0 Å². The van der Waals surface area contributed by atoms with Crippen LogP contribution in [0.4, 0.5) is 4.39 Å². The van der Waals surface area contributed by atoms with Crippen LogP contribution in [0.5, 0.6) is 0 Å². The summed E-state index contributed by atoms with van der Waals surface area (Å²) in [5, 5.41) is 0. The summed E-state index contributed by atoms with van der Waals surface area (Å²) in [6.45, 7) is 5.29. The van der Waals surface area contributed by atoms with Gasteiger partial charge >= 0.3 is 0 Å². The van der Waals surface area contributed by atoms with E-state index in [-0.39, 0.29) is 24.0 Å². The summed E-state index contributed by atoms with van der Waals surface area (Å²) >= 11 is 0. The van der Waals surface area contributed by atoms with Crippen molar-refractivity contribution in [2.24, 2.45) is 5.92 Å². The summed E-state index contributed by atoms with van der Waals surface area (Å²) in [6.07, 6.45) is 2.98. The quantitative estimate of drug-likeness (QED) is 0.789. The minimum absolute atomic E-state index is 0. The second-order valence-corrected chi connectivity index (χ2v) is 5.20. The molecule has 1 aromatic rings. The minimum Gasteiger partial charge on any atom is -0.303 e. The Balaban J connectivity index is 0.00000180. The lowest BCUT2D eigenvalue weighted by molar-refractivity contribution is 0.0953. The first-order valence-electron chi connectivity index (χ1n) is 6.66. The second kappa shape index (κ2) is 7.61. The van der Waals surface area contributed by atoms with Gasteiger partial charge in [-0.25, -0.2) is 4.39 Å². The van der Waals surface area contributed by atoms with Crippen LogP contribution in [0.25, 0.3) is 0 Å². The predicted molar refractivity (Wildman–Crippen MR) is 77.4 cm³/mol. The number of carbonyl (C=O) groups is 1. The van der Waals surface area contributed by atoms with E-state index in [4.69, 9.17) is 0 Å². The normalized spacial score (nSPS) is 16.9. The molecule has 0 aromatic heterocycles. The van der Waals surface area contributed by atoms with Crippen LogP contribution in [0.2, 0.25) is 0 Å². The van der Waals surface area contributed by atoms with Crippen molar-refractivity contribution in [3.63, 3.8) is 0 Å². The van der Waals surface area contributed by atoms with Crippen molar-refractivity contribution in [2.75, 3.05) is 19.6 Å². The van der Waals surface area contributed by atoms with Crippen LogP contribution in [0, 0.1) is 11.7 Å². The zero-order valence-electron chi connectivity index (χ0n) is 11.3. The maximum atomic E-state index is 12.7. The maximum absolute atomic E-state index is 12.7. The molecular weight excluding hydrogens is 265 g/mol. The largest absolute Gasteiger partial charge is 0.303 e. The van der Waals surface area contributed by atoms with E-state index in [0.29, 0.717) is 12.0 Å². The molecule has 1 heterocycles. The molecular formula is C15H21ClFNO. The Kier molecular flexibility index (Phi) is 6.46. The lowest BCUT2D eigenvalue weighted by atomic mass is 9.99. The van der Waals surface area contributed by atoms with E-state index in [9.17, 15) is 9.18 Å². The van der Waals surface area contributed by atoms with Crippen LogP contribution >= 0.6 is 12.4 Å². The van der Waals surface area contributed by atoms with Gasteiger partial charge < -0.3 is 4.90 Å². The number of piperidine rings is 1. The maximum Gasteiger partial charge on any atom is 0.164 e. The zero-order valence-corrected chi connectivity index (χ0v) is 12.1. The third-order valence-electron chi connectivity index (χ3n) is 3.70. The SMILES string of the molecule is CC1CCN(CCC(=O)c2ccc(F)cc2)CC1.Cl. The van der Waals surface area contributed by atoms with Crippen molar-refractivity contribution in [3.05, 3.63) is 35.6 Å². The molecule has 0 saturated carbocycles. The summed E-state index contributed by atoms with van der Waals surface area (Å²) < 4.78 is 12.7. The van der Waals surface area contributed by atoms with Crippen molar-refractivity contribution in [2.45, 2.75) is 26.2 Å². The smallest absolute Gasteiger partial charge is 0.164 e. The Labute approximate surface area is 120 Å². The Hall–Kier alpha value is -0.930. The number of hydrogen-bond acceptors (Lipinski definition) is 2. The van der Waals surface area contributed by atoms with E-state index in [1.54, 1.807) is 12.1 Å². The highest BCUT2D eigenvalue weighted by Gasteiger charge is 2.16. The van der Waals surface area contributed by atoms with Crippen molar-refractivity contribution < 1.29 is 9.18 Å². The molecule has 1 aromatic carbocycles.